The van der Waals surface area contributed by atoms with Crippen LogP contribution in [0.2, 0.25) is 0 Å². The summed E-state index contributed by atoms with van der Waals surface area (Å²) in [4.78, 5) is 25.1. The summed E-state index contributed by atoms with van der Waals surface area (Å²) in [5.74, 6) is -6.37. The van der Waals surface area contributed by atoms with Crippen LogP contribution in [-0.2, 0) is 16.1 Å². The van der Waals surface area contributed by atoms with E-state index in [4.69, 9.17) is 4.74 Å². The van der Waals surface area contributed by atoms with Gasteiger partial charge in [0.1, 0.15) is 11.4 Å². The van der Waals surface area contributed by atoms with Gasteiger partial charge in [0.05, 0.1) is 24.9 Å². The van der Waals surface area contributed by atoms with Crippen LogP contribution < -0.4 is 5.32 Å². The van der Waals surface area contributed by atoms with E-state index in [2.05, 4.69) is 15.6 Å². The molecule has 0 saturated carbocycles. The highest BCUT2D eigenvalue weighted by molar-refractivity contribution is 6.24. The van der Waals surface area contributed by atoms with E-state index in [9.17, 15) is 22.8 Å². The molecule has 0 atom stereocenters. The molecule has 0 amide bonds. The fraction of sp³-hybridized carbons (Fsp3) is 0.143. The van der Waals surface area contributed by atoms with E-state index in [1.807, 2.05) is 0 Å². The number of esters is 1. The van der Waals surface area contributed by atoms with Crippen LogP contribution in [0.1, 0.15) is 22.8 Å². The Morgan fingerprint density at radius 2 is 1.87 bits per heavy atom. The van der Waals surface area contributed by atoms with Crippen molar-refractivity contribution in [3.63, 3.8) is 0 Å². The van der Waals surface area contributed by atoms with Crippen molar-refractivity contribution in [1.82, 2.24) is 15.0 Å². The molecule has 0 spiro atoms. The molecule has 2 aromatic carbocycles. The van der Waals surface area contributed by atoms with Gasteiger partial charge in [0, 0.05) is 24.2 Å². The van der Waals surface area contributed by atoms with Crippen LogP contribution >= 0.6 is 0 Å². The average molecular weight is 430 g/mol. The van der Waals surface area contributed by atoms with Crippen LogP contribution in [-0.4, -0.2) is 33.4 Å². The summed E-state index contributed by atoms with van der Waals surface area (Å²) in [6.45, 7) is 1.82. The smallest absolute Gasteiger partial charge is 0.343 e. The molecule has 1 aromatic heterocycles. The maximum Gasteiger partial charge on any atom is 0.343 e. The molecule has 0 aliphatic carbocycles. The molecule has 0 unspecified atom stereocenters. The minimum atomic E-state index is -1.45. The van der Waals surface area contributed by atoms with Crippen molar-refractivity contribution in [3.8, 4) is 0 Å². The van der Waals surface area contributed by atoms with Gasteiger partial charge in [-0.15, -0.1) is 5.10 Å². The molecule has 3 rings (SSSR count). The normalized spacial score (nSPS) is 11.3. The first kappa shape index (κ1) is 21.8. The van der Waals surface area contributed by atoms with E-state index < -0.39 is 40.3 Å². The summed E-state index contributed by atoms with van der Waals surface area (Å²) >= 11 is 0. The lowest BCUT2D eigenvalue weighted by Gasteiger charge is -2.12. The fourth-order valence-corrected chi connectivity index (χ4v) is 2.71. The maximum absolute atomic E-state index is 14.1. The number of hydrogen-bond donors (Lipinski definition) is 1. The summed E-state index contributed by atoms with van der Waals surface area (Å²) in [5.41, 5.74) is -0.101. The highest BCUT2D eigenvalue weighted by atomic mass is 19.2. The van der Waals surface area contributed by atoms with Crippen molar-refractivity contribution < 1.29 is 27.5 Å². The number of anilines is 1. The van der Waals surface area contributed by atoms with Crippen molar-refractivity contribution in [3.05, 3.63) is 89.1 Å². The van der Waals surface area contributed by atoms with Crippen LogP contribution in [0.15, 0.2) is 60.6 Å². The molecule has 0 fully saturated rings. The number of hydrogen-bond acceptors (Lipinski definition) is 6. The molecule has 7 nitrogen and oxygen atoms in total. The van der Waals surface area contributed by atoms with E-state index in [1.54, 1.807) is 35.1 Å². The van der Waals surface area contributed by atoms with Gasteiger partial charge < -0.3 is 10.1 Å². The van der Waals surface area contributed by atoms with Crippen molar-refractivity contribution in [2.24, 2.45) is 0 Å². The highest BCUT2D eigenvalue weighted by Gasteiger charge is 2.25. The number of ketones is 1. The minimum Gasteiger partial charge on any atom is -0.462 e. The van der Waals surface area contributed by atoms with E-state index in [-0.39, 0.29) is 12.7 Å². The Kier molecular flexibility index (Phi) is 6.81. The molecular weight excluding hydrogens is 413 g/mol. The Bertz CT molecular complexity index is 1130. The highest BCUT2D eigenvalue weighted by Crippen LogP contribution is 2.20. The lowest BCUT2D eigenvalue weighted by molar-refractivity contribution is -0.138. The van der Waals surface area contributed by atoms with Gasteiger partial charge in [0.2, 0.25) is 5.78 Å². The number of carbonyl (C=O) groups excluding carboxylic acids is 2. The van der Waals surface area contributed by atoms with Crippen LogP contribution in [0.4, 0.5) is 18.9 Å². The summed E-state index contributed by atoms with van der Waals surface area (Å²) in [6, 6.07) is 7.63. The second-order valence-corrected chi connectivity index (χ2v) is 6.26. The number of carbonyl (C=O) groups is 2. The third-order valence-electron chi connectivity index (χ3n) is 4.19. The lowest BCUT2D eigenvalue weighted by atomic mass is 10.0. The Morgan fingerprint density at radius 3 is 2.58 bits per heavy atom. The number of nitrogens with zero attached hydrogens (tertiary/aromatic N) is 3. The average Bonchev–Trinajstić information content (AvgIpc) is 3.25. The van der Waals surface area contributed by atoms with Gasteiger partial charge in [-0.3, -0.25) is 4.79 Å². The van der Waals surface area contributed by atoms with Gasteiger partial charge in [0.15, 0.2) is 11.6 Å². The number of nitrogens with one attached hydrogen (secondary N) is 1. The molecule has 0 radical (unpaired) electrons. The van der Waals surface area contributed by atoms with Crippen LogP contribution in [0.5, 0.6) is 0 Å². The largest absolute Gasteiger partial charge is 0.462 e. The molecule has 3 aromatic rings. The fourth-order valence-electron chi connectivity index (χ4n) is 2.71. The monoisotopic (exact) mass is 430 g/mol. The first-order valence-electron chi connectivity index (χ1n) is 9.15. The molecule has 160 valence electrons. The van der Waals surface area contributed by atoms with Gasteiger partial charge >= 0.3 is 5.97 Å². The number of halogens is 3. The molecule has 0 bridgehead atoms. The lowest BCUT2D eigenvalue weighted by Crippen LogP contribution is -2.19. The minimum absolute atomic E-state index is 0.0490. The van der Waals surface area contributed by atoms with E-state index in [0.717, 1.165) is 11.8 Å². The Hall–Kier alpha value is -3.95. The van der Waals surface area contributed by atoms with E-state index >= 15 is 0 Å². The topological polar surface area (TPSA) is 86.1 Å². The number of ether oxygens (including phenoxy) is 1. The molecule has 0 aliphatic rings. The number of para-hydroxylation sites is 1. The first-order chi connectivity index (χ1) is 14.9. The quantitative estimate of drug-likeness (QED) is 0.147. The molecule has 10 heteroatoms. The maximum atomic E-state index is 14.1. The van der Waals surface area contributed by atoms with E-state index in [1.165, 1.54) is 13.1 Å². The Balaban J connectivity index is 1.94. The number of Topliss-reactive ketones (excluding diaryl/α,β-unsaturated/α-hetero) is 1. The summed E-state index contributed by atoms with van der Waals surface area (Å²) in [5, 5.41) is 10.4. The standard InChI is InChI=1S/C21H17F3N4O3/c1-2-31-21(30)15(20(29)14-9-17(23)18(24)10-16(14)22)11-25-19-6-4-3-5-13(19)12-28-8-7-26-27-28/h3-11,25H,2,12H2,1H3. The Morgan fingerprint density at radius 1 is 1.13 bits per heavy atom. The zero-order chi connectivity index (χ0) is 22.4. The zero-order valence-corrected chi connectivity index (χ0v) is 16.3. The van der Waals surface area contributed by atoms with Crippen molar-refractivity contribution >= 4 is 17.4 Å². The van der Waals surface area contributed by atoms with Gasteiger partial charge in [0.25, 0.3) is 0 Å². The summed E-state index contributed by atoms with van der Waals surface area (Å²) in [7, 11) is 0. The number of benzene rings is 2. The van der Waals surface area contributed by atoms with Gasteiger partial charge in [-0.25, -0.2) is 22.6 Å². The molecule has 1 heterocycles. The van der Waals surface area contributed by atoms with Crippen LogP contribution in [0, 0.1) is 17.5 Å². The third-order valence-corrected chi connectivity index (χ3v) is 4.19. The van der Waals surface area contributed by atoms with Crippen molar-refractivity contribution in [2.75, 3.05) is 11.9 Å². The van der Waals surface area contributed by atoms with Crippen molar-refractivity contribution in [1.29, 1.82) is 0 Å². The number of aromatic nitrogens is 3. The van der Waals surface area contributed by atoms with E-state index in [0.29, 0.717) is 18.3 Å². The zero-order valence-electron chi connectivity index (χ0n) is 16.3. The van der Waals surface area contributed by atoms with Crippen molar-refractivity contribution in [2.45, 2.75) is 13.5 Å². The Labute approximate surface area is 175 Å². The molecule has 0 saturated heterocycles. The van der Waals surface area contributed by atoms with Gasteiger partial charge in [-0.1, -0.05) is 23.4 Å². The molecular formula is C21H17F3N4O3. The molecule has 0 aliphatic heterocycles. The second-order valence-electron chi connectivity index (χ2n) is 6.26. The summed E-state index contributed by atoms with van der Waals surface area (Å²) in [6.07, 6.45) is 4.22. The predicted molar refractivity (Wildman–Crippen MR) is 105 cm³/mol. The van der Waals surface area contributed by atoms with Gasteiger partial charge in [-0.2, -0.15) is 0 Å². The predicted octanol–water partition coefficient (Wildman–Crippen LogP) is 3.49. The van der Waals surface area contributed by atoms with Crippen LogP contribution in [0.25, 0.3) is 0 Å². The van der Waals surface area contributed by atoms with Gasteiger partial charge in [-0.05, 0) is 24.6 Å². The van der Waals surface area contributed by atoms with Crippen LogP contribution in [0.3, 0.4) is 0 Å². The molecule has 31 heavy (non-hydrogen) atoms. The SMILES string of the molecule is CCOC(=O)C(=CNc1ccccc1Cn1ccnn1)C(=O)c1cc(F)c(F)cc1F. The second kappa shape index (κ2) is 9.70. The summed E-state index contributed by atoms with van der Waals surface area (Å²) < 4.78 is 47.3. The molecule has 1 N–H and O–H groups in total. The first-order valence-corrected chi connectivity index (χ1v) is 9.15. The third kappa shape index (κ3) is 5.16. The number of rotatable bonds is 8.